The summed E-state index contributed by atoms with van der Waals surface area (Å²) in [6.45, 7) is 0. The fraction of sp³-hybridized carbons (Fsp3) is 0.320. The van der Waals surface area contributed by atoms with Crippen LogP contribution in [0.3, 0.4) is 0 Å². The predicted octanol–water partition coefficient (Wildman–Crippen LogP) is 7.02. The van der Waals surface area contributed by atoms with Crippen molar-refractivity contribution in [3.8, 4) is 11.1 Å². The first-order valence-electron chi connectivity index (χ1n) is 10.4. The molecule has 0 aromatic heterocycles. The summed E-state index contributed by atoms with van der Waals surface area (Å²) in [4.78, 5) is 0. The summed E-state index contributed by atoms with van der Waals surface area (Å²) < 4.78 is 32.0. The topological polar surface area (TPSA) is 0 Å². The average Bonchev–Trinajstić information content (AvgIpc) is 3.22. The second kappa shape index (κ2) is 7.75. The number of hydrogen-bond donors (Lipinski definition) is 0. The van der Waals surface area contributed by atoms with Crippen LogP contribution in [0.15, 0.2) is 57.9 Å². The zero-order chi connectivity index (χ0) is 19.1. The van der Waals surface area contributed by atoms with Crippen molar-refractivity contribution in [3.05, 3.63) is 80.7 Å². The molecule has 1 saturated carbocycles. The molecule has 3 heteroatoms. The number of allylic oxidation sites excluding steroid dienone is 4. The van der Waals surface area contributed by atoms with Crippen molar-refractivity contribution >= 4 is 3.21 Å². The van der Waals surface area contributed by atoms with Crippen molar-refractivity contribution in [2.75, 3.05) is 0 Å². The summed E-state index contributed by atoms with van der Waals surface area (Å²) in [5, 5.41) is 0. The molecule has 0 aliphatic heterocycles. The van der Waals surface area contributed by atoms with E-state index in [0.29, 0.717) is 3.63 Å². The van der Waals surface area contributed by atoms with Crippen LogP contribution in [0.2, 0.25) is 0 Å². The minimum atomic E-state index is -2.24. The molecule has 5 rings (SSSR count). The number of rotatable bonds is 2. The summed E-state index contributed by atoms with van der Waals surface area (Å²) in [6.07, 6.45) is 15.7. The van der Waals surface area contributed by atoms with Gasteiger partial charge in [0.2, 0.25) is 0 Å². The molecule has 3 aliphatic rings. The number of halogens is 2. The second-order valence-electron chi connectivity index (χ2n) is 8.15. The van der Waals surface area contributed by atoms with Gasteiger partial charge in [-0.1, -0.05) is 0 Å². The van der Waals surface area contributed by atoms with Gasteiger partial charge in [-0.25, -0.2) is 0 Å². The van der Waals surface area contributed by atoms with Crippen molar-refractivity contribution in [1.29, 1.82) is 0 Å². The van der Waals surface area contributed by atoms with Gasteiger partial charge in [-0.05, 0) is 0 Å². The Morgan fingerprint density at radius 3 is 1.93 bits per heavy atom. The number of hydrogen-bond acceptors (Lipinski definition) is 0. The van der Waals surface area contributed by atoms with E-state index in [1.54, 1.807) is 27.5 Å². The van der Waals surface area contributed by atoms with E-state index in [2.05, 4.69) is 18.2 Å². The summed E-state index contributed by atoms with van der Waals surface area (Å²) in [6, 6.07) is 10.4. The predicted molar refractivity (Wildman–Crippen MR) is 108 cm³/mol. The molecule has 0 radical (unpaired) electrons. The number of benzene rings is 2. The van der Waals surface area contributed by atoms with E-state index < -0.39 is 21.3 Å². The molecular weight excluding hydrogens is 429 g/mol. The summed E-state index contributed by atoms with van der Waals surface area (Å²) in [5.41, 5.74) is 4.30. The van der Waals surface area contributed by atoms with Gasteiger partial charge >= 0.3 is 174 Å². The van der Waals surface area contributed by atoms with Gasteiger partial charge in [0.15, 0.2) is 0 Å². The standard InChI is InChI=1S/C13H7F2.C7H12.C5H5.Zr/c14-10-3-1-8-5-9-2-4-11(15)7-13(9)12(8)6-10;1-2-4-6-7-5-3-1;1-2-4-5-3-1;/h1-7H;1-6H2;1-3H,4H2;. The molecule has 0 nitrogen and oxygen atoms in total. The Labute approximate surface area is 173 Å². The van der Waals surface area contributed by atoms with Crippen LogP contribution in [0, 0.1) is 11.6 Å². The van der Waals surface area contributed by atoms with Gasteiger partial charge < -0.3 is 0 Å². The molecule has 1 fully saturated rings. The molecule has 0 amide bonds. The summed E-state index contributed by atoms with van der Waals surface area (Å²) in [7, 11) is 0. The first-order chi connectivity index (χ1) is 13.7. The minimum absolute atomic E-state index is 0.233. The second-order valence-corrected chi connectivity index (χ2v) is 14.9. The van der Waals surface area contributed by atoms with Crippen LogP contribution in [-0.4, -0.2) is 3.21 Å². The van der Waals surface area contributed by atoms with Gasteiger partial charge in [0.05, 0.1) is 0 Å². The van der Waals surface area contributed by atoms with Crippen molar-refractivity contribution in [2.45, 2.75) is 48.6 Å². The number of fused-ring (bicyclic) bond motifs is 3. The first kappa shape index (κ1) is 18.6. The third-order valence-corrected chi connectivity index (χ3v) is 15.1. The molecule has 0 spiro atoms. The van der Waals surface area contributed by atoms with Gasteiger partial charge in [-0.2, -0.15) is 0 Å². The van der Waals surface area contributed by atoms with Gasteiger partial charge in [0.1, 0.15) is 0 Å². The Morgan fingerprint density at radius 2 is 1.39 bits per heavy atom. The van der Waals surface area contributed by atoms with Crippen LogP contribution >= 0.6 is 0 Å². The Kier molecular flexibility index (Phi) is 5.13. The molecule has 0 heterocycles. The Bertz CT molecular complexity index is 967. The van der Waals surface area contributed by atoms with Gasteiger partial charge in [0, 0.05) is 0 Å². The molecule has 142 valence electrons. The zero-order valence-electron chi connectivity index (χ0n) is 16.0. The van der Waals surface area contributed by atoms with Gasteiger partial charge in [-0.3, -0.25) is 0 Å². The van der Waals surface area contributed by atoms with E-state index in [-0.39, 0.29) is 11.6 Å². The molecule has 0 N–H and O–H groups in total. The molecule has 2 aromatic carbocycles. The van der Waals surface area contributed by atoms with E-state index in [9.17, 15) is 8.78 Å². The Morgan fingerprint density at radius 1 is 0.786 bits per heavy atom. The monoisotopic (exact) mass is 452 g/mol. The van der Waals surface area contributed by atoms with E-state index in [4.69, 9.17) is 0 Å². The molecule has 2 aromatic rings. The quantitative estimate of drug-likeness (QED) is 0.429. The van der Waals surface area contributed by atoms with Crippen molar-refractivity contribution in [1.82, 2.24) is 0 Å². The summed E-state index contributed by atoms with van der Waals surface area (Å²) in [5.74, 6) is -0.466. The molecule has 28 heavy (non-hydrogen) atoms. The van der Waals surface area contributed by atoms with Crippen molar-refractivity contribution in [2.24, 2.45) is 0 Å². The van der Waals surface area contributed by atoms with Crippen LogP contribution < -0.4 is 0 Å². The SMILES string of the molecule is Fc1ccc2c(c1)-c1cc(F)ccc1[CH]2[Zr]([C]1=CC=CC1)=[C]1CCCCCC1. The van der Waals surface area contributed by atoms with Crippen molar-refractivity contribution in [3.63, 3.8) is 0 Å². The maximum atomic E-state index is 14.1. The van der Waals surface area contributed by atoms with Crippen LogP contribution in [0.25, 0.3) is 11.1 Å². The third kappa shape index (κ3) is 3.26. The van der Waals surface area contributed by atoms with Gasteiger partial charge in [0.25, 0.3) is 0 Å². The zero-order valence-corrected chi connectivity index (χ0v) is 18.4. The van der Waals surface area contributed by atoms with Crippen LogP contribution in [0.5, 0.6) is 0 Å². The molecule has 0 bridgehead atoms. The fourth-order valence-electron chi connectivity index (χ4n) is 5.19. The Hall–Kier alpha value is -1.47. The molecular formula is C25H24F2Zr. The molecule has 0 saturated heterocycles. The fourth-order valence-corrected chi connectivity index (χ4v) is 14.7. The summed E-state index contributed by atoms with van der Waals surface area (Å²) >= 11 is -2.24. The van der Waals surface area contributed by atoms with Crippen molar-refractivity contribution < 1.29 is 30.0 Å². The third-order valence-electron chi connectivity index (χ3n) is 6.44. The maximum absolute atomic E-state index is 14.1. The first-order valence-corrected chi connectivity index (χ1v) is 14.3. The molecule has 0 atom stereocenters. The molecule has 0 unspecified atom stereocenters. The average molecular weight is 454 g/mol. The molecule has 3 aliphatic carbocycles. The Balaban J connectivity index is 1.75. The van der Waals surface area contributed by atoms with Crippen LogP contribution in [0.1, 0.15) is 59.7 Å². The van der Waals surface area contributed by atoms with Gasteiger partial charge in [-0.15, -0.1) is 0 Å². The van der Waals surface area contributed by atoms with E-state index in [1.165, 1.54) is 49.7 Å². The van der Waals surface area contributed by atoms with E-state index in [0.717, 1.165) is 17.5 Å². The van der Waals surface area contributed by atoms with Crippen LogP contribution in [-0.2, 0) is 21.3 Å². The normalized spacial score (nSPS) is 18.6. The van der Waals surface area contributed by atoms with E-state index >= 15 is 0 Å². The van der Waals surface area contributed by atoms with Crippen LogP contribution in [0.4, 0.5) is 8.78 Å². The van der Waals surface area contributed by atoms with E-state index in [1.807, 2.05) is 15.3 Å².